The van der Waals surface area contributed by atoms with E-state index in [-0.39, 0.29) is 12.3 Å². The molecule has 1 aromatic heterocycles. The maximum absolute atomic E-state index is 12.3. The van der Waals surface area contributed by atoms with Crippen molar-refractivity contribution in [2.45, 2.75) is 6.42 Å². The van der Waals surface area contributed by atoms with Crippen molar-refractivity contribution in [2.75, 3.05) is 10.6 Å². The summed E-state index contributed by atoms with van der Waals surface area (Å²) in [7, 11) is 0. The van der Waals surface area contributed by atoms with Crippen LogP contribution < -0.4 is 15.4 Å². The number of aromatic nitrogens is 1. The predicted molar refractivity (Wildman–Crippen MR) is 117 cm³/mol. The summed E-state index contributed by atoms with van der Waals surface area (Å²) in [5, 5.41) is 8.78. The molecular weight excluding hydrogens is 382 g/mol. The third-order valence-corrected chi connectivity index (χ3v) is 4.84. The second kappa shape index (κ2) is 9.03. The number of para-hydroxylation sites is 2. The van der Waals surface area contributed by atoms with Gasteiger partial charge in [-0.3, -0.25) is 4.79 Å². The Labute approximate surface area is 173 Å². The molecule has 0 aliphatic rings. The smallest absolute Gasteiger partial charge is 0.230 e. The number of rotatable bonds is 7. The number of nitrogens with one attached hydrogen (secondary N) is 2. The number of anilines is 3. The first-order chi connectivity index (χ1) is 14.2. The van der Waals surface area contributed by atoms with Gasteiger partial charge in [-0.1, -0.05) is 36.4 Å². The molecule has 0 spiro atoms. The number of hydrogen-bond donors (Lipinski definition) is 2. The van der Waals surface area contributed by atoms with Gasteiger partial charge in [0.25, 0.3) is 0 Å². The van der Waals surface area contributed by atoms with Gasteiger partial charge in [0.1, 0.15) is 11.5 Å². The minimum atomic E-state index is -0.113. The Morgan fingerprint density at radius 1 is 0.828 bits per heavy atom. The number of ether oxygens (including phenoxy) is 1. The van der Waals surface area contributed by atoms with Crippen LogP contribution in [-0.4, -0.2) is 10.9 Å². The molecule has 4 rings (SSSR count). The van der Waals surface area contributed by atoms with Gasteiger partial charge in [0.15, 0.2) is 5.13 Å². The van der Waals surface area contributed by atoms with Gasteiger partial charge in [-0.05, 0) is 48.5 Å². The van der Waals surface area contributed by atoms with Gasteiger partial charge in [0.2, 0.25) is 5.91 Å². The van der Waals surface area contributed by atoms with Gasteiger partial charge in [-0.15, -0.1) is 11.3 Å². The number of hydrogen-bond acceptors (Lipinski definition) is 5. The van der Waals surface area contributed by atoms with Crippen molar-refractivity contribution in [3.05, 3.63) is 96.0 Å². The summed E-state index contributed by atoms with van der Waals surface area (Å²) in [5.74, 6) is 1.37. The molecule has 0 fully saturated rings. The molecule has 0 bridgehead atoms. The monoisotopic (exact) mass is 401 g/mol. The van der Waals surface area contributed by atoms with E-state index in [4.69, 9.17) is 4.74 Å². The Kier molecular flexibility index (Phi) is 5.83. The number of benzene rings is 3. The van der Waals surface area contributed by atoms with Crippen LogP contribution in [0.5, 0.6) is 11.5 Å². The number of carbonyl (C=O) groups excluding carboxylic acids is 1. The summed E-state index contributed by atoms with van der Waals surface area (Å²) in [6.07, 6.45) is 0.217. The summed E-state index contributed by atoms with van der Waals surface area (Å²) < 4.78 is 5.76. The fourth-order valence-electron chi connectivity index (χ4n) is 2.69. The molecule has 0 aliphatic carbocycles. The van der Waals surface area contributed by atoms with E-state index < -0.39 is 0 Å². The standard InChI is InChI=1S/C23H19N3O2S/c27-22(15-19-16-29-23(26-19)25-17-7-3-1-4-8-17)24-18-11-13-21(14-12-18)28-20-9-5-2-6-10-20/h1-14,16H,15H2,(H,24,27)(H,25,26). The van der Waals surface area contributed by atoms with Crippen molar-refractivity contribution in [3.8, 4) is 11.5 Å². The lowest BCUT2D eigenvalue weighted by atomic mass is 10.2. The molecule has 0 saturated heterocycles. The molecule has 144 valence electrons. The Morgan fingerprint density at radius 3 is 2.21 bits per heavy atom. The van der Waals surface area contributed by atoms with Crippen molar-refractivity contribution in [1.29, 1.82) is 0 Å². The number of amides is 1. The van der Waals surface area contributed by atoms with Crippen molar-refractivity contribution in [2.24, 2.45) is 0 Å². The van der Waals surface area contributed by atoms with Crippen LogP contribution >= 0.6 is 11.3 Å². The van der Waals surface area contributed by atoms with Gasteiger partial charge < -0.3 is 15.4 Å². The third kappa shape index (κ3) is 5.43. The van der Waals surface area contributed by atoms with Crippen LogP contribution in [0.15, 0.2) is 90.3 Å². The van der Waals surface area contributed by atoms with E-state index in [0.717, 1.165) is 22.3 Å². The fraction of sp³-hybridized carbons (Fsp3) is 0.0435. The molecule has 0 unspecified atom stereocenters. The molecule has 2 N–H and O–H groups in total. The van der Waals surface area contributed by atoms with Crippen LogP contribution in [0.1, 0.15) is 5.69 Å². The molecule has 0 radical (unpaired) electrons. The quantitative estimate of drug-likeness (QED) is 0.407. The predicted octanol–water partition coefficient (Wildman–Crippen LogP) is 5.86. The van der Waals surface area contributed by atoms with Crippen LogP contribution in [-0.2, 0) is 11.2 Å². The van der Waals surface area contributed by atoms with Crippen LogP contribution in [0.25, 0.3) is 0 Å². The summed E-state index contributed by atoms with van der Waals surface area (Å²) >= 11 is 1.48. The van der Waals surface area contributed by atoms with Crippen LogP contribution in [0, 0.1) is 0 Å². The maximum Gasteiger partial charge on any atom is 0.230 e. The highest BCUT2D eigenvalue weighted by Gasteiger charge is 2.09. The molecule has 3 aromatic carbocycles. The Balaban J connectivity index is 1.30. The second-order valence-corrected chi connectivity index (χ2v) is 7.16. The van der Waals surface area contributed by atoms with Gasteiger partial charge in [0, 0.05) is 16.8 Å². The summed E-state index contributed by atoms with van der Waals surface area (Å²) in [6.45, 7) is 0. The Morgan fingerprint density at radius 2 is 1.48 bits per heavy atom. The first-order valence-corrected chi connectivity index (χ1v) is 10.0. The van der Waals surface area contributed by atoms with E-state index in [0.29, 0.717) is 11.4 Å². The topological polar surface area (TPSA) is 63.2 Å². The minimum Gasteiger partial charge on any atom is -0.457 e. The molecule has 1 amide bonds. The highest BCUT2D eigenvalue weighted by Crippen LogP contribution is 2.23. The number of nitrogens with zero attached hydrogens (tertiary/aromatic N) is 1. The highest BCUT2D eigenvalue weighted by molar-refractivity contribution is 7.13. The highest BCUT2D eigenvalue weighted by atomic mass is 32.1. The Hall–Kier alpha value is -3.64. The maximum atomic E-state index is 12.3. The summed E-state index contributed by atoms with van der Waals surface area (Å²) in [5.41, 5.74) is 2.42. The normalized spacial score (nSPS) is 10.3. The lowest BCUT2D eigenvalue weighted by Gasteiger charge is -2.07. The van der Waals surface area contributed by atoms with Gasteiger partial charge in [-0.25, -0.2) is 4.98 Å². The van der Waals surface area contributed by atoms with Crippen molar-refractivity contribution in [1.82, 2.24) is 4.98 Å². The summed E-state index contributed by atoms with van der Waals surface area (Å²) in [4.78, 5) is 16.8. The van der Waals surface area contributed by atoms with Gasteiger partial charge in [-0.2, -0.15) is 0 Å². The van der Waals surface area contributed by atoms with E-state index in [1.54, 1.807) is 0 Å². The van der Waals surface area contributed by atoms with E-state index in [9.17, 15) is 4.79 Å². The van der Waals surface area contributed by atoms with Gasteiger partial charge >= 0.3 is 0 Å². The average molecular weight is 401 g/mol. The molecule has 29 heavy (non-hydrogen) atoms. The fourth-order valence-corrected chi connectivity index (χ4v) is 3.42. The molecule has 0 aliphatic heterocycles. The lowest BCUT2D eigenvalue weighted by molar-refractivity contribution is -0.115. The zero-order valence-corrected chi connectivity index (χ0v) is 16.4. The molecule has 1 heterocycles. The zero-order valence-electron chi connectivity index (χ0n) is 15.5. The van der Waals surface area contributed by atoms with Crippen molar-refractivity contribution >= 4 is 33.8 Å². The molecule has 0 saturated carbocycles. The van der Waals surface area contributed by atoms with E-state index in [2.05, 4.69) is 15.6 Å². The van der Waals surface area contributed by atoms with E-state index in [1.807, 2.05) is 90.3 Å². The molecule has 4 aromatic rings. The van der Waals surface area contributed by atoms with Crippen molar-refractivity contribution in [3.63, 3.8) is 0 Å². The average Bonchev–Trinajstić information content (AvgIpc) is 3.17. The van der Waals surface area contributed by atoms with E-state index in [1.165, 1.54) is 11.3 Å². The first-order valence-electron chi connectivity index (χ1n) is 9.14. The number of thiazole rings is 1. The molecule has 6 heteroatoms. The molecule has 0 atom stereocenters. The van der Waals surface area contributed by atoms with Crippen LogP contribution in [0.4, 0.5) is 16.5 Å². The van der Waals surface area contributed by atoms with Crippen molar-refractivity contribution < 1.29 is 9.53 Å². The second-order valence-electron chi connectivity index (χ2n) is 6.30. The van der Waals surface area contributed by atoms with E-state index >= 15 is 0 Å². The first kappa shape index (κ1) is 18.7. The largest absolute Gasteiger partial charge is 0.457 e. The van der Waals surface area contributed by atoms with Crippen LogP contribution in [0.3, 0.4) is 0 Å². The summed E-state index contributed by atoms with van der Waals surface area (Å²) in [6, 6.07) is 26.7. The van der Waals surface area contributed by atoms with Crippen LogP contribution in [0.2, 0.25) is 0 Å². The lowest BCUT2D eigenvalue weighted by Crippen LogP contribution is -2.14. The molecular formula is C23H19N3O2S. The Bertz CT molecular complexity index is 1060. The number of carbonyl (C=O) groups is 1. The molecule has 5 nitrogen and oxygen atoms in total. The SMILES string of the molecule is O=C(Cc1csc(Nc2ccccc2)n1)Nc1ccc(Oc2ccccc2)cc1. The zero-order chi connectivity index (χ0) is 19.9. The van der Waals surface area contributed by atoms with Gasteiger partial charge in [0.05, 0.1) is 12.1 Å². The third-order valence-electron chi connectivity index (χ3n) is 4.04. The minimum absolute atomic E-state index is 0.113.